The van der Waals surface area contributed by atoms with Gasteiger partial charge in [-0.2, -0.15) is 0 Å². The van der Waals surface area contributed by atoms with Crippen molar-refractivity contribution in [3.8, 4) is 0 Å². The first-order chi connectivity index (χ1) is 15.5. The fraction of sp³-hybridized carbons (Fsp3) is 0.400. The van der Waals surface area contributed by atoms with E-state index in [-0.39, 0.29) is 36.1 Å². The van der Waals surface area contributed by atoms with E-state index < -0.39 is 0 Å². The van der Waals surface area contributed by atoms with Crippen LogP contribution in [0.1, 0.15) is 24.8 Å². The summed E-state index contributed by atoms with van der Waals surface area (Å²) in [6.07, 6.45) is 1.84. The quantitative estimate of drug-likeness (QED) is 0.732. The lowest BCUT2D eigenvalue weighted by Gasteiger charge is -2.32. The average Bonchev–Trinajstić information content (AvgIpc) is 3.18. The summed E-state index contributed by atoms with van der Waals surface area (Å²) in [5.74, 6) is -0.403. The van der Waals surface area contributed by atoms with Crippen molar-refractivity contribution < 1.29 is 14.4 Å². The maximum atomic E-state index is 12.8. The summed E-state index contributed by atoms with van der Waals surface area (Å²) in [7, 11) is 0. The van der Waals surface area contributed by atoms with E-state index in [0.717, 1.165) is 42.9 Å². The number of rotatable bonds is 6. The fourth-order valence-corrected chi connectivity index (χ4v) is 4.34. The molecule has 2 aromatic carbocycles. The molecule has 0 aliphatic carbocycles. The number of amides is 3. The molecule has 4 rings (SSSR count). The minimum Gasteiger partial charge on any atom is -0.353 e. The Labute approximate surface area is 188 Å². The van der Waals surface area contributed by atoms with Gasteiger partial charge in [-0.15, -0.1) is 0 Å². The second-order valence-electron chi connectivity index (χ2n) is 8.71. The Morgan fingerprint density at radius 1 is 1.00 bits per heavy atom. The summed E-state index contributed by atoms with van der Waals surface area (Å²) in [5.41, 5.74) is 2.78. The lowest BCUT2D eigenvalue weighted by molar-refractivity contribution is -0.127. The van der Waals surface area contributed by atoms with Crippen molar-refractivity contribution in [3.63, 3.8) is 0 Å². The van der Waals surface area contributed by atoms with Gasteiger partial charge in [0, 0.05) is 43.5 Å². The third-order valence-corrected chi connectivity index (χ3v) is 6.20. The third-order valence-electron chi connectivity index (χ3n) is 6.20. The number of anilines is 2. The number of carbonyl (C=O) groups excluding carboxylic acids is 3. The molecule has 7 nitrogen and oxygen atoms in total. The number of hydrogen-bond donors (Lipinski definition) is 2. The number of piperidine rings is 1. The zero-order chi connectivity index (χ0) is 22.5. The van der Waals surface area contributed by atoms with Crippen LogP contribution in [0.4, 0.5) is 11.4 Å². The second kappa shape index (κ2) is 9.96. The highest BCUT2D eigenvalue weighted by Crippen LogP contribution is 2.26. The number of hydrogen-bond acceptors (Lipinski definition) is 4. The molecule has 2 fully saturated rings. The topological polar surface area (TPSA) is 81.8 Å². The summed E-state index contributed by atoms with van der Waals surface area (Å²) in [5, 5.41) is 6.04. The van der Waals surface area contributed by atoms with Crippen LogP contribution in [0.5, 0.6) is 0 Å². The molecule has 0 aromatic heterocycles. The number of carbonyl (C=O) groups is 3. The SMILES string of the molecule is Cc1ccc(N2CC(C(=O)NC3CCN(CC(=O)Nc4ccccc4)CC3)CC2=O)cc1. The predicted molar refractivity (Wildman–Crippen MR) is 124 cm³/mol. The molecular weight excluding hydrogens is 404 g/mol. The molecule has 7 heteroatoms. The molecule has 0 bridgehead atoms. The van der Waals surface area contributed by atoms with Crippen LogP contribution in [0.15, 0.2) is 54.6 Å². The zero-order valence-corrected chi connectivity index (χ0v) is 18.4. The Kier molecular flexibility index (Phi) is 6.85. The Morgan fingerprint density at radius 2 is 1.69 bits per heavy atom. The molecule has 0 radical (unpaired) electrons. The highest BCUT2D eigenvalue weighted by molar-refractivity contribution is 6.00. The molecule has 0 saturated carbocycles. The molecule has 32 heavy (non-hydrogen) atoms. The maximum absolute atomic E-state index is 12.8. The third kappa shape index (κ3) is 5.53. The van der Waals surface area contributed by atoms with Crippen molar-refractivity contribution in [3.05, 3.63) is 60.2 Å². The van der Waals surface area contributed by atoms with Gasteiger partial charge < -0.3 is 15.5 Å². The van der Waals surface area contributed by atoms with Crippen LogP contribution in [-0.2, 0) is 14.4 Å². The van der Waals surface area contributed by atoms with Gasteiger partial charge in [0.2, 0.25) is 17.7 Å². The van der Waals surface area contributed by atoms with Crippen LogP contribution in [-0.4, -0.2) is 54.8 Å². The van der Waals surface area contributed by atoms with Gasteiger partial charge in [0.05, 0.1) is 12.5 Å². The van der Waals surface area contributed by atoms with Crippen LogP contribution >= 0.6 is 0 Å². The minimum absolute atomic E-state index is 0.00625. The van der Waals surface area contributed by atoms with Crippen molar-refractivity contribution >= 4 is 29.1 Å². The first kappa shape index (κ1) is 22.0. The van der Waals surface area contributed by atoms with E-state index in [4.69, 9.17) is 0 Å². The van der Waals surface area contributed by atoms with Crippen LogP contribution in [0.2, 0.25) is 0 Å². The van der Waals surface area contributed by atoms with Gasteiger partial charge in [-0.05, 0) is 44.0 Å². The van der Waals surface area contributed by atoms with E-state index >= 15 is 0 Å². The highest BCUT2D eigenvalue weighted by atomic mass is 16.2. The van der Waals surface area contributed by atoms with Crippen LogP contribution in [0.25, 0.3) is 0 Å². The molecule has 0 spiro atoms. The summed E-state index contributed by atoms with van der Waals surface area (Å²) in [4.78, 5) is 41.3. The average molecular weight is 435 g/mol. The fourth-order valence-electron chi connectivity index (χ4n) is 4.34. The molecule has 1 atom stereocenters. The molecule has 2 heterocycles. The number of likely N-dealkylation sites (tertiary alicyclic amines) is 1. The summed E-state index contributed by atoms with van der Waals surface area (Å²) >= 11 is 0. The van der Waals surface area contributed by atoms with E-state index in [0.29, 0.717) is 13.1 Å². The maximum Gasteiger partial charge on any atom is 0.238 e. The second-order valence-corrected chi connectivity index (χ2v) is 8.71. The summed E-state index contributed by atoms with van der Waals surface area (Å²) < 4.78 is 0. The summed E-state index contributed by atoms with van der Waals surface area (Å²) in [6, 6.07) is 17.3. The van der Waals surface area contributed by atoms with E-state index in [2.05, 4.69) is 15.5 Å². The van der Waals surface area contributed by atoms with Crippen molar-refractivity contribution in [1.82, 2.24) is 10.2 Å². The largest absolute Gasteiger partial charge is 0.353 e. The molecule has 2 aliphatic rings. The van der Waals surface area contributed by atoms with Gasteiger partial charge in [-0.3, -0.25) is 19.3 Å². The molecule has 2 N–H and O–H groups in total. The molecule has 3 amide bonds. The van der Waals surface area contributed by atoms with Crippen LogP contribution < -0.4 is 15.5 Å². The number of nitrogens with one attached hydrogen (secondary N) is 2. The normalized spacial score (nSPS) is 19.7. The Hall–Kier alpha value is -3.19. The molecule has 2 aliphatic heterocycles. The molecule has 2 aromatic rings. The first-order valence-electron chi connectivity index (χ1n) is 11.2. The van der Waals surface area contributed by atoms with E-state index in [1.807, 2.05) is 61.5 Å². The molecule has 168 valence electrons. The van der Waals surface area contributed by atoms with Gasteiger partial charge in [0.15, 0.2) is 0 Å². The summed E-state index contributed by atoms with van der Waals surface area (Å²) in [6.45, 7) is 4.29. The first-order valence-corrected chi connectivity index (χ1v) is 11.2. The molecule has 1 unspecified atom stereocenters. The van der Waals surface area contributed by atoms with Crippen molar-refractivity contribution in [2.75, 3.05) is 36.4 Å². The molecular formula is C25H30N4O3. The number of aryl methyl sites for hydroxylation is 1. The van der Waals surface area contributed by atoms with E-state index in [9.17, 15) is 14.4 Å². The monoisotopic (exact) mass is 434 g/mol. The van der Waals surface area contributed by atoms with Crippen LogP contribution in [0.3, 0.4) is 0 Å². The zero-order valence-electron chi connectivity index (χ0n) is 18.4. The Morgan fingerprint density at radius 3 is 2.38 bits per heavy atom. The van der Waals surface area contributed by atoms with Crippen molar-refractivity contribution in [1.29, 1.82) is 0 Å². The van der Waals surface area contributed by atoms with Crippen molar-refractivity contribution in [2.24, 2.45) is 5.92 Å². The number of para-hydroxylation sites is 1. The van der Waals surface area contributed by atoms with Gasteiger partial charge in [0.1, 0.15) is 0 Å². The Bertz CT molecular complexity index is 953. The molecule has 2 saturated heterocycles. The predicted octanol–water partition coefficient (Wildman–Crippen LogP) is 2.57. The minimum atomic E-state index is -0.321. The Balaban J connectivity index is 1.21. The van der Waals surface area contributed by atoms with E-state index in [1.54, 1.807) is 4.90 Å². The number of nitrogens with zero attached hydrogens (tertiary/aromatic N) is 2. The standard InChI is InChI=1S/C25H30N4O3/c1-18-7-9-22(10-8-18)29-16-19(15-24(29)31)25(32)27-21-11-13-28(14-12-21)17-23(30)26-20-5-3-2-4-6-20/h2-10,19,21H,11-17H2,1H3,(H,26,30)(H,27,32). The van der Waals surface area contributed by atoms with E-state index in [1.165, 1.54) is 0 Å². The van der Waals surface area contributed by atoms with Crippen LogP contribution in [0, 0.1) is 12.8 Å². The lowest BCUT2D eigenvalue weighted by Crippen LogP contribution is -2.48. The van der Waals surface area contributed by atoms with Gasteiger partial charge in [-0.1, -0.05) is 35.9 Å². The smallest absolute Gasteiger partial charge is 0.238 e. The lowest BCUT2D eigenvalue weighted by atomic mass is 10.0. The highest BCUT2D eigenvalue weighted by Gasteiger charge is 2.36. The van der Waals surface area contributed by atoms with Crippen molar-refractivity contribution in [2.45, 2.75) is 32.2 Å². The van der Waals surface area contributed by atoms with Gasteiger partial charge >= 0.3 is 0 Å². The van der Waals surface area contributed by atoms with Gasteiger partial charge in [-0.25, -0.2) is 0 Å². The van der Waals surface area contributed by atoms with Gasteiger partial charge in [0.25, 0.3) is 0 Å². The number of benzene rings is 2.